The van der Waals surface area contributed by atoms with Crippen LogP contribution in [-0.2, 0) is 6.42 Å². The molecule has 0 bridgehead atoms. The van der Waals surface area contributed by atoms with Crippen molar-refractivity contribution in [2.75, 3.05) is 13.6 Å². The van der Waals surface area contributed by atoms with E-state index in [0.29, 0.717) is 11.8 Å². The molecular formula is C14H22FN. The third-order valence-corrected chi connectivity index (χ3v) is 3.13. The van der Waals surface area contributed by atoms with Crippen LogP contribution in [0, 0.1) is 24.6 Å². The van der Waals surface area contributed by atoms with E-state index in [1.807, 2.05) is 26.1 Å². The molecule has 0 spiro atoms. The Morgan fingerprint density at radius 2 is 2.00 bits per heavy atom. The molecule has 1 unspecified atom stereocenters. The van der Waals surface area contributed by atoms with Crippen molar-refractivity contribution in [2.24, 2.45) is 11.8 Å². The van der Waals surface area contributed by atoms with Crippen molar-refractivity contribution >= 4 is 0 Å². The summed E-state index contributed by atoms with van der Waals surface area (Å²) in [5.41, 5.74) is 1.97. The molecule has 1 aromatic carbocycles. The molecule has 0 fully saturated rings. The van der Waals surface area contributed by atoms with Gasteiger partial charge in [-0.05, 0) is 56.0 Å². The molecule has 0 radical (unpaired) electrons. The maximum absolute atomic E-state index is 13.1. The molecular weight excluding hydrogens is 201 g/mol. The summed E-state index contributed by atoms with van der Waals surface area (Å²) in [6.45, 7) is 7.30. The Hall–Kier alpha value is -0.890. The quantitative estimate of drug-likeness (QED) is 0.808. The molecule has 1 nitrogen and oxygen atoms in total. The summed E-state index contributed by atoms with van der Waals surface area (Å²) in [4.78, 5) is 0. The summed E-state index contributed by atoms with van der Waals surface area (Å²) in [7, 11) is 1.98. The van der Waals surface area contributed by atoms with Crippen molar-refractivity contribution in [1.82, 2.24) is 5.32 Å². The summed E-state index contributed by atoms with van der Waals surface area (Å²) < 4.78 is 13.1. The monoisotopic (exact) mass is 223 g/mol. The minimum Gasteiger partial charge on any atom is -0.319 e. The van der Waals surface area contributed by atoms with Gasteiger partial charge in [-0.2, -0.15) is 0 Å². The van der Waals surface area contributed by atoms with E-state index in [0.717, 1.165) is 18.5 Å². The maximum atomic E-state index is 13.1. The van der Waals surface area contributed by atoms with E-state index in [1.165, 1.54) is 5.56 Å². The Morgan fingerprint density at radius 3 is 2.50 bits per heavy atom. The molecule has 2 heteroatoms. The number of halogens is 1. The highest BCUT2D eigenvalue weighted by atomic mass is 19.1. The fourth-order valence-electron chi connectivity index (χ4n) is 1.94. The molecule has 1 aromatic rings. The normalized spacial score (nSPS) is 13.1. The molecule has 0 aromatic heterocycles. The third kappa shape index (κ3) is 3.60. The molecule has 16 heavy (non-hydrogen) atoms. The second-order valence-corrected chi connectivity index (χ2v) is 4.85. The molecule has 1 rings (SSSR count). The van der Waals surface area contributed by atoms with Gasteiger partial charge in [-0.25, -0.2) is 4.39 Å². The molecule has 0 aliphatic heterocycles. The van der Waals surface area contributed by atoms with E-state index in [1.54, 1.807) is 6.07 Å². The first-order chi connectivity index (χ1) is 7.54. The van der Waals surface area contributed by atoms with Gasteiger partial charge in [0.05, 0.1) is 0 Å². The topological polar surface area (TPSA) is 12.0 Å². The summed E-state index contributed by atoms with van der Waals surface area (Å²) in [6, 6.07) is 5.43. The van der Waals surface area contributed by atoms with Gasteiger partial charge in [0.2, 0.25) is 0 Å². The van der Waals surface area contributed by atoms with Gasteiger partial charge in [0.15, 0.2) is 0 Å². The standard InChI is InChI=1S/C14H22FN/c1-10(2)13(9-16-4)8-12-5-6-14(15)11(3)7-12/h5-7,10,13,16H,8-9H2,1-4H3. The van der Waals surface area contributed by atoms with E-state index in [4.69, 9.17) is 0 Å². The summed E-state index contributed by atoms with van der Waals surface area (Å²) in [5.74, 6) is 1.13. The Balaban J connectivity index is 2.73. The van der Waals surface area contributed by atoms with Crippen molar-refractivity contribution in [1.29, 1.82) is 0 Å². The van der Waals surface area contributed by atoms with Crippen LogP contribution < -0.4 is 5.32 Å². The predicted octanol–water partition coefficient (Wildman–Crippen LogP) is 3.17. The van der Waals surface area contributed by atoms with Crippen molar-refractivity contribution in [2.45, 2.75) is 27.2 Å². The van der Waals surface area contributed by atoms with Gasteiger partial charge >= 0.3 is 0 Å². The summed E-state index contributed by atoms with van der Waals surface area (Å²) in [6.07, 6.45) is 1.01. The van der Waals surface area contributed by atoms with Crippen molar-refractivity contribution in [3.8, 4) is 0 Å². The van der Waals surface area contributed by atoms with Gasteiger partial charge in [0.1, 0.15) is 5.82 Å². The number of nitrogens with one attached hydrogen (secondary N) is 1. The minimum atomic E-state index is -0.113. The predicted molar refractivity (Wildman–Crippen MR) is 67.1 cm³/mol. The zero-order chi connectivity index (χ0) is 12.1. The van der Waals surface area contributed by atoms with Crippen molar-refractivity contribution in [3.05, 3.63) is 35.1 Å². The molecule has 90 valence electrons. The number of hydrogen-bond acceptors (Lipinski definition) is 1. The van der Waals surface area contributed by atoms with E-state index in [9.17, 15) is 4.39 Å². The van der Waals surface area contributed by atoms with Crippen LogP contribution in [0.25, 0.3) is 0 Å². The largest absolute Gasteiger partial charge is 0.319 e. The third-order valence-electron chi connectivity index (χ3n) is 3.13. The molecule has 0 aliphatic rings. The Labute approximate surface area is 98.1 Å². The van der Waals surface area contributed by atoms with Crippen LogP contribution >= 0.6 is 0 Å². The molecule has 0 saturated heterocycles. The zero-order valence-electron chi connectivity index (χ0n) is 10.7. The highest BCUT2D eigenvalue weighted by molar-refractivity contribution is 5.24. The van der Waals surface area contributed by atoms with Crippen LogP contribution in [0.2, 0.25) is 0 Å². The highest BCUT2D eigenvalue weighted by Gasteiger charge is 2.13. The summed E-state index contributed by atoms with van der Waals surface area (Å²) >= 11 is 0. The van der Waals surface area contributed by atoms with Gasteiger partial charge in [-0.15, -0.1) is 0 Å². The van der Waals surface area contributed by atoms with Gasteiger partial charge in [-0.3, -0.25) is 0 Å². The number of hydrogen-bond donors (Lipinski definition) is 1. The van der Waals surface area contributed by atoms with Crippen LogP contribution in [0.4, 0.5) is 4.39 Å². The lowest BCUT2D eigenvalue weighted by molar-refractivity contribution is 0.370. The maximum Gasteiger partial charge on any atom is 0.126 e. The van der Waals surface area contributed by atoms with Crippen LogP contribution in [0.3, 0.4) is 0 Å². The highest BCUT2D eigenvalue weighted by Crippen LogP contribution is 2.18. The Kier molecular flexibility index (Phi) is 4.94. The minimum absolute atomic E-state index is 0.113. The van der Waals surface area contributed by atoms with E-state index >= 15 is 0 Å². The first-order valence-electron chi connectivity index (χ1n) is 5.94. The Bertz CT molecular complexity index is 334. The fraction of sp³-hybridized carbons (Fsp3) is 0.571. The molecule has 0 heterocycles. The number of benzene rings is 1. The van der Waals surface area contributed by atoms with Crippen LogP contribution in [0.5, 0.6) is 0 Å². The van der Waals surface area contributed by atoms with E-state index < -0.39 is 0 Å². The van der Waals surface area contributed by atoms with Crippen LogP contribution in [0.1, 0.15) is 25.0 Å². The van der Waals surface area contributed by atoms with Gasteiger partial charge in [0, 0.05) is 0 Å². The van der Waals surface area contributed by atoms with Crippen molar-refractivity contribution in [3.63, 3.8) is 0 Å². The molecule has 0 amide bonds. The van der Waals surface area contributed by atoms with Crippen LogP contribution in [0.15, 0.2) is 18.2 Å². The zero-order valence-corrected chi connectivity index (χ0v) is 10.7. The average Bonchev–Trinajstić information content (AvgIpc) is 2.22. The van der Waals surface area contributed by atoms with Crippen LogP contribution in [-0.4, -0.2) is 13.6 Å². The molecule has 1 atom stereocenters. The van der Waals surface area contributed by atoms with Gasteiger partial charge in [0.25, 0.3) is 0 Å². The van der Waals surface area contributed by atoms with E-state index in [2.05, 4.69) is 19.2 Å². The first kappa shape index (κ1) is 13.2. The Morgan fingerprint density at radius 1 is 1.31 bits per heavy atom. The first-order valence-corrected chi connectivity index (χ1v) is 5.94. The average molecular weight is 223 g/mol. The molecule has 0 aliphatic carbocycles. The number of aryl methyl sites for hydroxylation is 1. The van der Waals surface area contributed by atoms with Gasteiger partial charge < -0.3 is 5.32 Å². The van der Waals surface area contributed by atoms with E-state index in [-0.39, 0.29) is 5.82 Å². The molecule has 0 saturated carbocycles. The lowest BCUT2D eigenvalue weighted by Crippen LogP contribution is -2.25. The lowest BCUT2D eigenvalue weighted by atomic mass is 9.89. The second-order valence-electron chi connectivity index (χ2n) is 4.85. The lowest BCUT2D eigenvalue weighted by Gasteiger charge is -2.20. The molecule has 1 N–H and O–H groups in total. The van der Waals surface area contributed by atoms with Crippen molar-refractivity contribution < 1.29 is 4.39 Å². The second kappa shape index (κ2) is 6.00. The summed E-state index contributed by atoms with van der Waals surface area (Å²) in [5, 5.41) is 3.22. The number of rotatable bonds is 5. The SMILES string of the molecule is CNCC(Cc1ccc(F)c(C)c1)C(C)C. The fourth-order valence-corrected chi connectivity index (χ4v) is 1.94. The van der Waals surface area contributed by atoms with Gasteiger partial charge in [-0.1, -0.05) is 26.0 Å². The smallest absolute Gasteiger partial charge is 0.126 e.